The Morgan fingerprint density at radius 2 is 1.60 bits per heavy atom. The van der Waals surface area contributed by atoms with Crippen LogP contribution in [0.3, 0.4) is 0 Å². The maximum Gasteiger partial charge on any atom is 0.0934 e. The molecule has 0 radical (unpaired) electrons. The predicted molar refractivity (Wildman–Crippen MR) is 57.7 cm³/mol. The van der Waals surface area contributed by atoms with Crippen LogP contribution in [0.4, 0.5) is 0 Å². The molecule has 4 heteroatoms. The summed E-state index contributed by atoms with van der Waals surface area (Å²) in [6.07, 6.45) is 8.76. The summed E-state index contributed by atoms with van der Waals surface area (Å²) in [6.45, 7) is 4.17. The van der Waals surface area contributed by atoms with Gasteiger partial charge in [0.15, 0.2) is 0 Å². The molecule has 0 aliphatic rings. The molecule has 92 valence electrons. The van der Waals surface area contributed by atoms with Crippen LogP contribution in [0.2, 0.25) is 0 Å². The molecule has 0 amide bonds. The van der Waals surface area contributed by atoms with Crippen molar-refractivity contribution in [2.75, 3.05) is 7.11 Å². The molecule has 0 aromatic heterocycles. The number of rotatable bonds is 11. The second-order valence-corrected chi connectivity index (χ2v) is 3.77. The van der Waals surface area contributed by atoms with Crippen molar-refractivity contribution in [3.63, 3.8) is 0 Å². The van der Waals surface area contributed by atoms with Gasteiger partial charge in [-0.25, -0.2) is 9.78 Å². The van der Waals surface area contributed by atoms with Gasteiger partial charge in [0.25, 0.3) is 0 Å². The van der Waals surface area contributed by atoms with Gasteiger partial charge >= 0.3 is 0 Å². The normalized spacial score (nSPS) is 13.0. The fourth-order valence-corrected chi connectivity index (χ4v) is 1.37. The van der Waals surface area contributed by atoms with Crippen molar-refractivity contribution in [1.82, 2.24) is 0 Å². The molecule has 1 unspecified atom stereocenters. The van der Waals surface area contributed by atoms with E-state index in [4.69, 9.17) is 4.89 Å². The van der Waals surface area contributed by atoms with E-state index in [-0.39, 0.29) is 6.10 Å². The van der Waals surface area contributed by atoms with E-state index in [1.54, 1.807) is 0 Å². The standard InChI is InChI=1S/C11H24O4/c1-4-5-6-7-8-9-10-11(2)13-15-14-12-3/h11H,4-10H2,1-3H3. The Morgan fingerprint density at radius 1 is 0.933 bits per heavy atom. The number of unbranched alkanes of at least 4 members (excludes halogenated alkanes) is 5. The van der Waals surface area contributed by atoms with Gasteiger partial charge < -0.3 is 0 Å². The van der Waals surface area contributed by atoms with Crippen LogP contribution in [0.25, 0.3) is 0 Å². The Hall–Kier alpha value is -0.160. The minimum absolute atomic E-state index is 0.0475. The summed E-state index contributed by atoms with van der Waals surface area (Å²) >= 11 is 0. The Morgan fingerprint density at radius 3 is 2.27 bits per heavy atom. The molecule has 0 fully saturated rings. The van der Waals surface area contributed by atoms with E-state index in [0.717, 1.165) is 6.42 Å². The number of hydrogen-bond acceptors (Lipinski definition) is 4. The molecule has 0 rings (SSSR count). The lowest BCUT2D eigenvalue weighted by Crippen LogP contribution is -2.09. The molecule has 0 heterocycles. The summed E-state index contributed by atoms with van der Waals surface area (Å²) in [4.78, 5) is 9.08. The largest absolute Gasteiger partial charge is 0.207 e. The predicted octanol–water partition coefficient (Wildman–Crippen LogP) is 3.57. The van der Waals surface area contributed by atoms with Crippen LogP contribution in [0, 0.1) is 0 Å². The van der Waals surface area contributed by atoms with Gasteiger partial charge in [0.05, 0.1) is 13.2 Å². The van der Waals surface area contributed by atoms with Gasteiger partial charge in [0.1, 0.15) is 0 Å². The van der Waals surface area contributed by atoms with Crippen molar-refractivity contribution in [2.45, 2.75) is 64.9 Å². The minimum Gasteiger partial charge on any atom is -0.207 e. The van der Waals surface area contributed by atoms with Crippen LogP contribution in [0.15, 0.2) is 0 Å². The SMILES string of the molecule is CCCCCCCCC(C)OOOOC. The Balaban J connectivity index is 3.06. The highest BCUT2D eigenvalue weighted by Crippen LogP contribution is 2.10. The zero-order valence-electron chi connectivity index (χ0n) is 10.2. The summed E-state index contributed by atoms with van der Waals surface area (Å²) < 4.78 is 0. The highest BCUT2D eigenvalue weighted by molar-refractivity contribution is 4.50. The first-order valence-corrected chi connectivity index (χ1v) is 5.84. The summed E-state index contributed by atoms with van der Waals surface area (Å²) in [5, 5.41) is 8.46. The molecule has 0 aromatic rings. The third-order valence-corrected chi connectivity index (χ3v) is 2.26. The first-order valence-electron chi connectivity index (χ1n) is 5.84. The van der Waals surface area contributed by atoms with Crippen molar-refractivity contribution in [3.8, 4) is 0 Å². The molecule has 15 heavy (non-hydrogen) atoms. The second kappa shape index (κ2) is 11.9. The van der Waals surface area contributed by atoms with E-state index in [0.29, 0.717) is 0 Å². The molecule has 0 aliphatic carbocycles. The second-order valence-electron chi connectivity index (χ2n) is 3.77. The van der Waals surface area contributed by atoms with E-state index in [1.807, 2.05) is 6.92 Å². The summed E-state index contributed by atoms with van der Waals surface area (Å²) in [6, 6.07) is 0. The smallest absolute Gasteiger partial charge is 0.0934 e. The first-order chi connectivity index (χ1) is 7.31. The van der Waals surface area contributed by atoms with E-state index >= 15 is 0 Å². The molecule has 0 bridgehead atoms. The molecule has 0 aliphatic heterocycles. The molecule has 0 aromatic carbocycles. The van der Waals surface area contributed by atoms with Crippen LogP contribution in [0.1, 0.15) is 58.8 Å². The first kappa shape index (κ1) is 14.8. The van der Waals surface area contributed by atoms with Gasteiger partial charge in [0.2, 0.25) is 0 Å². The van der Waals surface area contributed by atoms with Crippen molar-refractivity contribution >= 4 is 0 Å². The van der Waals surface area contributed by atoms with Gasteiger partial charge in [-0.05, 0) is 23.4 Å². The van der Waals surface area contributed by atoms with Gasteiger partial charge in [0, 0.05) is 0 Å². The average Bonchev–Trinajstić information content (AvgIpc) is 2.23. The minimum atomic E-state index is 0.0475. The lowest BCUT2D eigenvalue weighted by Gasteiger charge is -2.09. The Kier molecular flexibility index (Phi) is 11.8. The van der Waals surface area contributed by atoms with Gasteiger partial charge in [-0.3, -0.25) is 0 Å². The summed E-state index contributed by atoms with van der Waals surface area (Å²) in [5.74, 6) is 0. The third-order valence-electron chi connectivity index (χ3n) is 2.26. The van der Waals surface area contributed by atoms with Gasteiger partial charge in [-0.15, -0.1) is 0 Å². The molecule has 4 nitrogen and oxygen atoms in total. The van der Waals surface area contributed by atoms with E-state index in [1.165, 1.54) is 45.6 Å². The maximum atomic E-state index is 4.86. The van der Waals surface area contributed by atoms with Crippen molar-refractivity contribution in [1.29, 1.82) is 0 Å². The van der Waals surface area contributed by atoms with Gasteiger partial charge in [-0.2, -0.15) is 0 Å². The maximum absolute atomic E-state index is 4.86. The zero-order valence-corrected chi connectivity index (χ0v) is 10.2. The van der Waals surface area contributed by atoms with Gasteiger partial charge in [-0.1, -0.05) is 45.4 Å². The van der Waals surface area contributed by atoms with Crippen LogP contribution in [-0.2, 0) is 19.9 Å². The topological polar surface area (TPSA) is 36.9 Å². The van der Waals surface area contributed by atoms with Crippen LogP contribution >= 0.6 is 0 Å². The molecule has 1 atom stereocenters. The fraction of sp³-hybridized carbons (Fsp3) is 1.00. The quantitative estimate of drug-likeness (QED) is 0.303. The molecule has 0 saturated heterocycles. The van der Waals surface area contributed by atoms with E-state index in [2.05, 4.69) is 21.9 Å². The Labute approximate surface area is 92.6 Å². The van der Waals surface area contributed by atoms with Crippen LogP contribution < -0.4 is 0 Å². The monoisotopic (exact) mass is 220 g/mol. The molecular weight excluding hydrogens is 196 g/mol. The van der Waals surface area contributed by atoms with E-state index in [9.17, 15) is 0 Å². The molecular formula is C11H24O4. The van der Waals surface area contributed by atoms with Crippen molar-refractivity contribution < 1.29 is 19.9 Å². The lowest BCUT2D eigenvalue weighted by molar-refractivity contribution is -0.636. The molecule has 0 N–H and O–H groups in total. The summed E-state index contributed by atoms with van der Waals surface area (Å²) in [7, 11) is 1.36. The highest BCUT2D eigenvalue weighted by Gasteiger charge is 2.03. The molecule has 0 spiro atoms. The van der Waals surface area contributed by atoms with Crippen molar-refractivity contribution in [2.24, 2.45) is 0 Å². The number of hydrogen-bond donors (Lipinski definition) is 0. The lowest BCUT2D eigenvalue weighted by atomic mass is 10.1. The van der Waals surface area contributed by atoms with Crippen molar-refractivity contribution in [3.05, 3.63) is 0 Å². The van der Waals surface area contributed by atoms with Crippen LogP contribution in [0.5, 0.6) is 0 Å². The molecule has 0 saturated carbocycles. The highest BCUT2D eigenvalue weighted by atomic mass is 17.7. The zero-order chi connectivity index (χ0) is 11.4. The Bertz CT molecular complexity index is 119. The van der Waals surface area contributed by atoms with Crippen LogP contribution in [-0.4, -0.2) is 13.2 Å². The summed E-state index contributed by atoms with van der Waals surface area (Å²) in [5.41, 5.74) is 0. The van der Waals surface area contributed by atoms with E-state index < -0.39 is 0 Å². The average molecular weight is 220 g/mol. The third kappa shape index (κ3) is 11.8. The fourth-order valence-electron chi connectivity index (χ4n) is 1.37.